The maximum atomic E-state index is 12.4. The molecule has 1 rings (SSSR count). The average molecular weight is 320 g/mol. The van der Waals surface area contributed by atoms with Gasteiger partial charge in [-0.25, -0.2) is 0 Å². The fourth-order valence-corrected chi connectivity index (χ4v) is 2.26. The summed E-state index contributed by atoms with van der Waals surface area (Å²) in [5.41, 5.74) is 0.977. The van der Waals surface area contributed by atoms with Crippen molar-refractivity contribution in [3.63, 3.8) is 0 Å². The van der Waals surface area contributed by atoms with Crippen LogP contribution < -0.4 is 10.1 Å². The molecule has 0 spiro atoms. The molecule has 0 saturated carbocycles. The Morgan fingerprint density at radius 3 is 2.35 bits per heavy atom. The summed E-state index contributed by atoms with van der Waals surface area (Å²) in [6.45, 7) is 6.79. The number of amides is 2. The normalized spacial score (nSPS) is 11.7. The molecular weight excluding hydrogens is 292 g/mol. The highest BCUT2D eigenvalue weighted by Crippen LogP contribution is 2.15. The third-order valence-electron chi connectivity index (χ3n) is 3.69. The van der Waals surface area contributed by atoms with Gasteiger partial charge in [-0.15, -0.1) is 0 Å². The lowest BCUT2D eigenvalue weighted by atomic mass is 10.1. The maximum absolute atomic E-state index is 12.4. The Hall–Kier alpha value is -2.04. The highest BCUT2D eigenvalue weighted by molar-refractivity contribution is 5.87. The minimum absolute atomic E-state index is 0.00228. The first kappa shape index (κ1) is 19.0. The van der Waals surface area contributed by atoms with Crippen LogP contribution in [0.2, 0.25) is 0 Å². The first-order chi connectivity index (χ1) is 11.0. The number of hydrogen-bond donors (Lipinski definition) is 1. The Kier molecular flexibility index (Phi) is 8.16. The van der Waals surface area contributed by atoms with Crippen molar-refractivity contribution >= 4 is 11.8 Å². The minimum Gasteiger partial charge on any atom is -0.497 e. The van der Waals surface area contributed by atoms with Gasteiger partial charge in [0.1, 0.15) is 11.8 Å². The molecule has 1 aromatic rings. The van der Waals surface area contributed by atoms with Gasteiger partial charge in [0.05, 0.1) is 7.11 Å². The van der Waals surface area contributed by atoms with Crippen molar-refractivity contribution in [1.82, 2.24) is 10.2 Å². The van der Waals surface area contributed by atoms with Crippen LogP contribution in [0.3, 0.4) is 0 Å². The molecule has 128 valence electrons. The second kappa shape index (κ2) is 9.87. The molecule has 1 atom stereocenters. The zero-order valence-electron chi connectivity index (χ0n) is 14.6. The van der Waals surface area contributed by atoms with Gasteiger partial charge in [0, 0.05) is 19.5 Å². The molecule has 0 bridgehead atoms. The fraction of sp³-hybridized carbons (Fsp3) is 0.556. The molecule has 5 nitrogen and oxygen atoms in total. The van der Waals surface area contributed by atoms with Gasteiger partial charge >= 0.3 is 0 Å². The molecule has 0 aliphatic carbocycles. The summed E-state index contributed by atoms with van der Waals surface area (Å²) in [5.74, 6) is 0.668. The van der Waals surface area contributed by atoms with Crippen molar-refractivity contribution in [2.45, 2.75) is 52.6 Å². The quantitative estimate of drug-likeness (QED) is 0.761. The van der Waals surface area contributed by atoms with E-state index >= 15 is 0 Å². The van der Waals surface area contributed by atoms with Crippen molar-refractivity contribution in [3.05, 3.63) is 29.8 Å². The Morgan fingerprint density at radius 2 is 1.83 bits per heavy atom. The van der Waals surface area contributed by atoms with Crippen molar-refractivity contribution in [2.24, 2.45) is 0 Å². The van der Waals surface area contributed by atoms with Crippen molar-refractivity contribution in [3.8, 4) is 5.75 Å². The lowest BCUT2D eigenvalue weighted by Gasteiger charge is -2.28. The van der Waals surface area contributed by atoms with Crippen LogP contribution in [0.25, 0.3) is 0 Å². The topological polar surface area (TPSA) is 58.6 Å². The number of carbonyl (C=O) groups excluding carboxylic acids is 2. The molecule has 0 aliphatic rings. The smallest absolute Gasteiger partial charge is 0.242 e. The number of hydrogen-bond acceptors (Lipinski definition) is 3. The van der Waals surface area contributed by atoms with Crippen LogP contribution in [-0.2, 0) is 16.1 Å². The average Bonchev–Trinajstić information content (AvgIpc) is 2.57. The predicted molar refractivity (Wildman–Crippen MR) is 91.2 cm³/mol. The Balaban J connectivity index is 2.86. The summed E-state index contributed by atoms with van der Waals surface area (Å²) in [6.07, 6.45) is 2.09. The van der Waals surface area contributed by atoms with Crippen LogP contribution in [0, 0.1) is 0 Å². The van der Waals surface area contributed by atoms with Crippen LogP contribution in [0.1, 0.15) is 45.6 Å². The van der Waals surface area contributed by atoms with E-state index in [1.165, 1.54) is 0 Å². The standard InChI is InChI=1S/C18H28N2O3/c1-5-7-17(21)20(14(3)18(22)19-12-6-2)13-15-8-10-16(23-4)11-9-15/h8-11,14H,5-7,12-13H2,1-4H3,(H,19,22)/t14-/m1/s1. The molecule has 0 aliphatic heterocycles. The molecule has 2 amide bonds. The molecule has 0 fully saturated rings. The molecule has 0 radical (unpaired) electrons. The predicted octanol–water partition coefficient (Wildman–Crippen LogP) is 2.74. The zero-order valence-corrected chi connectivity index (χ0v) is 14.6. The van der Waals surface area contributed by atoms with E-state index in [0.29, 0.717) is 19.5 Å². The summed E-state index contributed by atoms with van der Waals surface area (Å²) < 4.78 is 5.15. The monoisotopic (exact) mass is 320 g/mol. The third-order valence-corrected chi connectivity index (χ3v) is 3.69. The van der Waals surface area contributed by atoms with Crippen molar-refractivity contribution in [1.29, 1.82) is 0 Å². The summed E-state index contributed by atoms with van der Waals surface area (Å²) >= 11 is 0. The van der Waals surface area contributed by atoms with E-state index in [0.717, 1.165) is 24.2 Å². The second-order valence-electron chi connectivity index (χ2n) is 5.59. The highest BCUT2D eigenvalue weighted by Gasteiger charge is 2.25. The molecule has 1 N–H and O–H groups in total. The summed E-state index contributed by atoms with van der Waals surface area (Å²) in [5, 5.41) is 2.86. The number of nitrogens with one attached hydrogen (secondary N) is 1. The molecule has 5 heteroatoms. The minimum atomic E-state index is -0.484. The van der Waals surface area contributed by atoms with Gasteiger partial charge in [0.15, 0.2) is 0 Å². The van der Waals surface area contributed by atoms with E-state index in [9.17, 15) is 9.59 Å². The largest absolute Gasteiger partial charge is 0.497 e. The van der Waals surface area contributed by atoms with E-state index in [1.807, 2.05) is 38.1 Å². The first-order valence-corrected chi connectivity index (χ1v) is 8.23. The van der Waals surface area contributed by atoms with E-state index in [4.69, 9.17) is 4.74 Å². The van der Waals surface area contributed by atoms with Gasteiger partial charge in [0.25, 0.3) is 0 Å². The summed E-state index contributed by atoms with van der Waals surface area (Å²) in [7, 11) is 1.62. The van der Waals surface area contributed by atoms with Gasteiger partial charge in [-0.05, 0) is 37.5 Å². The molecule has 23 heavy (non-hydrogen) atoms. The van der Waals surface area contributed by atoms with Crippen LogP contribution in [0.4, 0.5) is 0 Å². The summed E-state index contributed by atoms with van der Waals surface area (Å²) in [4.78, 5) is 26.3. The first-order valence-electron chi connectivity index (χ1n) is 8.23. The lowest BCUT2D eigenvalue weighted by molar-refractivity contribution is -0.140. The van der Waals surface area contributed by atoms with E-state index in [-0.39, 0.29) is 11.8 Å². The Bertz CT molecular complexity index is 499. The molecule has 0 saturated heterocycles. The van der Waals surface area contributed by atoms with Crippen LogP contribution >= 0.6 is 0 Å². The summed E-state index contributed by atoms with van der Waals surface area (Å²) in [6, 6.07) is 7.07. The molecule has 1 aromatic carbocycles. The van der Waals surface area contributed by atoms with E-state index in [2.05, 4.69) is 5.32 Å². The molecule has 0 unspecified atom stereocenters. The van der Waals surface area contributed by atoms with Gasteiger partial charge in [-0.2, -0.15) is 0 Å². The number of nitrogens with zero attached hydrogens (tertiary/aromatic N) is 1. The number of carbonyl (C=O) groups is 2. The van der Waals surface area contributed by atoms with E-state index < -0.39 is 6.04 Å². The lowest BCUT2D eigenvalue weighted by Crippen LogP contribution is -2.47. The van der Waals surface area contributed by atoms with Crippen molar-refractivity contribution < 1.29 is 14.3 Å². The van der Waals surface area contributed by atoms with Crippen LogP contribution in [-0.4, -0.2) is 36.4 Å². The Morgan fingerprint density at radius 1 is 1.17 bits per heavy atom. The second-order valence-corrected chi connectivity index (χ2v) is 5.59. The third kappa shape index (κ3) is 5.93. The Labute approximate surface area is 139 Å². The SMILES string of the molecule is CCCNC(=O)[C@@H](C)N(Cc1ccc(OC)cc1)C(=O)CCC. The van der Waals surface area contributed by atoms with Gasteiger partial charge in [0.2, 0.25) is 11.8 Å². The van der Waals surface area contributed by atoms with E-state index in [1.54, 1.807) is 18.9 Å². The molecule has 0 heterocycles. The maximum Gasteiger partial charge on any atom is 0.242 e. The van der Waals surface area contributed by atoms with Crippen molar-refractivity contribution in [2.75, 3.05) is 13.7 Å². The highest BCUT2D eigenvalue weighted by atomic mass is 16.5. The van der Waals surface area contributed by atoms with Gasteiger partial charge in [-0.3, -0.25) is 9.59 Å². The number of benzene rings is 1. The zero-order chi connectivity index (χ0) is 17.2. The number of rotatable bonds is 9. The molecular formula is C18H28N2O3. The fourth-order valence-electron chi connectivity index (χ4n) is 2.26. The number of ether oxygens (including phenoxy) is 1. The van der Waals surface area contributed by atoms with Gasteiger partial charge < -0.3 is 15.0 Å². The van der Waals surface area contributed by atoms with Crippen LogP contribution in [0.5, 0.6) is 5.75 Å². The number of methoxy groups -OCH3 is 1. The van der Waals surface area contributed by atoms with Gasteiger partial charge in [-0.1, -0.05) is 26.0 Å². The molecule has 0 aromatic heterocycles. The van der Waals surface area contributed by atoms with Crippen LogP contribution in [0.15, 0.2) is 24.3 Å².